The first-order chi connectivity index (χ1) is 16.7. The lowest BCUT2D eigenvalue weighted by atomic mass is 9.98. The molecule has 1 aliphatic carbocycles. The lowest BCUT2D eigenvalue weighted by molar-refractivity contribution is -0.137. The van der Waals surface area contributed by atoms with Crippen LogP contribution in [-0.4, -0.2) is 67.3 Å². The Morgan fingerprint density at radius 1 is 1.00 bits per heavy atom. The highest BCUT2D eigenvalue weighted by molar-refractivity contribution is 5.86. The predicted octanol–water partition coefficient (Wildman–Crippen LogP) is 3.46. The van der Waals surface area contributed by atoms with Crippen LogP contribution in [0.3, 0.4) is 0 Å². The fourth-order valence-electron chi connectivity index (χ4n) is 4.66. The van der Waals surface area contributed by atoms with Gasteiger partial charge in [-0.3, -0.25) is 9.59 Å². The number of carbonyl (C=O) groups excluding carboxylic acids is 2. The lowest BCUT2D eigenvalue weighted by Crippen LogP contribution is -2.51. The molecule has 2 aromatic rings. The topological polar surface area (TPSA) is 108 Å². The van der Waals surface area contributed by atoms with Crippen molar-refractivity contribution in [2.45, 2.75) is 44.7 Å². The number of amides is 2. The van der Waals surface area contributed by atoms with Crippen LogP contribution in [0.1, 0.15) is 43.7 Å². The summed E-state index contributed by atoms with van der Waals surface area (Å²) < 4.78 is 5.54. The van der Waals surface area contributed by atoms with Crippen molar-refractivity contribution in [1.29, 1.82) is 0 Å². The zero-order chi connectivity index (χ0) is 25.5. The number of nitrogens with one attached hydrogen (secondary N) is 2. The van der Waals surface area contributed by atoms with Crippen molar-refractivity contribution in [2.24, 2.45) is 5.92 Å². The molecule has 2 atom stereocenters. The minimum atomic E-state index is -1.04. The number of aliphatic carboxylic acids is 1. The molecule has 1 aliphatic rings. The second-order valence-corrected chi connectivity index (χ2v) is 9.48. The standard InChI is InChI=1S/C27H35N3O5/c1-17(2)24(30(3)4)15-28-26(33)23(13-14-25(31)32)29-27(34)35-16-22-20-11-7-5-9-18(20)19-10-6-8-12-21(19)22/h5-12,17,22-24H,13-16H2,1-4H3,(H,28,33)(H,29,34)(H,31,32). The van der Waals surface area contributed by atoms with Crippen LogP contribution in [0.4, 0.5) is 4.79 Å². The molecular weight excluding hydrogens is 446 g/mol. The summed E-state index contributed by atoms with van der Waals surface area (Å²) in [5.74, 6) is -1.26. The van der Waals surface area contributed by atoms with Crippen LogP contribution in [0, 0.1) is 5.92 Å². The highest BCUT2D eigenvalue weighted by Crippen LogP contribution is 2.44. The molecule has 2 unspecified atom stereocenters. The van der Waals surface area contributed by atoms with E-state index in [1.807, 2.05) is 55.4 Å². The molecule has 0 aliphatic heterocycles. The van der Waals surface area contributed by atoms with E-state index in [1.165, 1.54) is 0 Å². The predicted molar refractivity (Wildman–Crippen MR) is 134 cm³/mol. The maximum Gasteiger partial charge on any atom is 0.407 e. The van der Waals surface area contributed by atoms with Gasteiger partial charge in [0.1, 0.15) is 12.6 Å². The SMILES string of the molecule is CC(C)C(CNC(=O)C(CCC(=O)O)NC(=O)OCC1c2ccccc2-c2ccccc21)N(C)C. The van der Waals surface area contributed by atoms with E-state index in [0.717, 1.165) is 22.3 Å². The van der Waals surface area contributed by atoms with Gasteiger partial charge in [0.15, 0.2) is 0 Å². The van der Waals surface area contributed by atoms with Gasteiger partial charge in [0, 0.05) is 24.9 Å². The fourth-order valence-corrected chi connectivity index (χ4v) is 4.66. The number of likely N-dealkylation sites (N-methyl/N-ethyl adjacent to an activating group) is 1. The van der Waals surface area contributed by atoms with E-state index in [1.54, 1.807) is 0 Å². The number of carbonyl (C=O) groups is 3. The maximum atomic E-state index is 12.8. The Hall–Kier alpha value is -3.39. The van der Waals surface area contributed by atoms with Crippen LogP contribution in [-0.2, 0) is 14.3 Å². The maximum absolute atomic E-state index is 12.8. The number of benzene rings is 2. The minimum Gasteiger partial charge on any atom is -0.481 e. The molecule has 3 rings (SSSR count). The zero-order valence-electron chi connectivity index (χ0n) is 20.8. The average molecular weight is 482 g/mol. The van der Waals surface area contributed by atoms with Gasteiger partial charge < -0.3 is 25.4 Å². The fraction of sp³-hybridized carbons (Fsp3) is 0.444. The molecule has 3 N–H and O–H groups in total. The Balaban J connectivity index is 1.64. The summed E-state index contributed by atoms with van der Waals surface area (Å²) >= 11 is 0. The third-order valence-electron chi connectivity index (χ3n) is 6.52. The Bertz CT molecular complexity index is 999. The largest absolute Gasteiger partial charge is 0.481 e. The van der Waals surface area contributed by atoms with E-state index < -0.39 is 24.0 Å². The zero-order valence-corrected chi connectivity index (χ0v) is 20.8. The summed E-state index contributed by atoms with van der Waals surface area (Å²) in [5.41, 5.74) is 4.42. The summed E-state index contributed by atoms with van der Waals surface area (Å²) in [6.07, 6.45) is -1.02. The van der Waals surface area contributed by atoms with E-state index in [0.29, 0.717) is 12.5 Å². The number of carboxylic acids is 1. The van der Waals surface area contributed by atoms with Crippen LogP contribution in [0.5, 0.6) is 0 Å². The van der Waals surface area contributed by atoms with Gasteiger partial charge in [-0.2, -0.15) is 0 Å². The molecule has 0 heterocycles. The molecule has 0 saturated carbocycles. The van der Waals surface area contributed by atoms with Crippen LogP contribution in [0.2, 0.25) is 0 Å². The number of hydrogen-bond donors (Lipinski definition) is 3. The monoisotopic (exact) mass is 481 g/mol. The van der Waals surface area contributed by atoms with Gasteiger partial charge in [-0.25, -0.2) is 4.79 Å². The number of nitrogens with zero attached hydrogens (tertiary/aromatic N) is 1. The second-order valence-electron chi connectivity index (χ2n) is 9.48. The first-order valence-electron chi connectivity index (χ1n) is 12.0. The third kappa shape index (κ3) is 6.60. The van der Waals surface area contributed by atoms with Crippen molar-refractivity contribution in [2.75, 3.05) is 27.2 Å². The van der Waals surface area contributed by atoms with Crippen molar-refractivity contribution in [1.82, 2.24) is 15.5 Å². The van der Waals surface area contributed by atoms with Crippen LogP contribution < -0.4 is 10.6 Å². The molecular formula is C27H35N3O5. The number of rotatable bonds is 11. The summed E-state index contributed by atoms with van der Waals surface area (Å²) in [7, 11) is 3.88. The van der Waals surface area contributed by atoms with Gasteiger partial charge in [-0.15, -0.1) is 0 Å². The number of fused-ring (bicyclic) bond motifs is 3. The molecule has 2 amide bonds. The smallest absolute Gasteiger partial charge is 0.407 e. The van der Waals surface area contributed by atoms with Gasteiger partial charge in [-0.1, -0.05) is 62.4 Å². The van der Waals surface area contributed by atoms with E-state index >= 15 is 0 Å². The van der Waals surface area contributed by atoms with Gasteiger partial charge in [0.05, 0.1) is 0 Å². The Kier molecular flexibility index (Phi) is 8.87. The summed E-state index contributed by atoms with van der Waals surface area (Å²) in [6, 6.07) is 15.2. The number of carboxylic acid groups (broad SMARTS) is 1. The lowest BCUT2D eigenvalue weighted by Gasteiger charge is -2.29. The number of alkyl carbamates (subject to hydrolysis) is 1. The average Bonchev–Trinajstić information content (AvgIpc) is 3.13. The molecule has 0 aromatic heterocycles. The first kappa shape index (κ1) is 26.2. The minimum absolute atomic E-state index is 0.0281. The van der Waals surface area contributed by atoms with Crippen LogP contribution >= 0.6 is 0 Å². The molecule has 0 fully saturated rings. The highest BCUT2D eigenvalue weighted by Gasteiger charge is 2.30. The second kappa shape index (κ2) is 11.8. The third-order valence-corrected chi connectivity index (χ3v) is 6.52. The Morgan fingerprint density at radius 3 is 2.09 bits per heavy atom. The van der Waals surface area contributed by atoms with Crippen molar-refractivity contribution in [3.05, 3.63) is 59.7 Å². The van der Waals surface area contributed by atoms with Gasteiger partial charge >= 0.3 is 12.1 Å². The number of ether oxygens (including phenoxy) is 1. The first-order valence-corrected chi connectivity index (χ1v) is 12.0. The molecule has 8 nitrogen and oxygen atoms in total. The molecule has 0 spiro atoms. The normalized spacial score (nSPS) is 14.2. The van der Waals surface area contributed by atoms with Crippen molar-refractivity contribution in [3.8, 4) is 11.1 Å². The molecule has 0 saturated heterocycles. The summed E-state index contributed by atoms with van der Waals surface area (Å²) in [5, 5.41) is 14.5. The van der Waals surface area contributed by atoms with Crippen molar-refractivity contribution < 1.29 is 24.2 Å². The Morgan fingerprint density at radius 2 is 1.57 bits per heavy atom. The van der Waals surface area contributed by atoms with E-state index in [-0.39, 0.29) is 31.4 Å². The molecule has 8 heteroatoms. The highest BCUT2D eigenvalue weighted by atomic mass is 16.5. The molecule has 188 valence electrons. The van der Waals surface area contributed by atoms with Gasteiger partial charge in [-0.05, 0) is 48.7 Å². The van der Waals surface area contributed by atoms with E-state index in [2.05, 4.69) is 36.6 Å². The van der Waals surface area contributed by atoms with E-state index in [9.17, 15) is 14.4 Å². The van der Waals surface area contributed by atoms with Gasteiger partial charge in [0.25, 0.3) is 0 Å². The molecule has 0 bridgehead atoms. The van der Waals surface area contributed by atoms with Crippen molar-refractivity contribution in [3.63, 3.8) is 0 Å². The molecule has 2 aromatic carbocycles. The van der Waals surface area contributed by atoms with Crippen molar-refractivity contribution >= 4 is 18.0 Å². The molecule has 0 radical (unpaired) electrons. The summed E-state index contributed by atoms with van der Waals surface area (Å²) in [4.78, 5) is 38.6. The molecule has 35 heavy (non-hydrogen) atoms. The van der Waals surface area contributed by atoms with Crippen LogP contribution in [0.15, 0.2) is 48.5 Å². The van der Waals surface area contributed by atoms with Crippen LogP contribution in [0.25, 0.3) is 11.1 Å². The summed E-state index contributed by atoms with van der Waals surface area (Å²) in [6.45, 7) is 4.63. The van der Waals surface area contributed by atoms with Gasteiger partial charge in [0.2, 0.25) is 5.91 Å². The quantitative estimate of drug-likeness (QED) is 0.454. The van der Waals surface area contributed by atoms with E-state index in [4.69, 9.17) is 9.84 Å². The Labute approximate surface area is 206 Å². The number of hydrogen-bond acceptors (Lipinski definition) is 5.